The number of hydrogen-bond donors (Lipinski definition) is 1. The number of ether oxygens (including phenoxy) is 1. The molecule has 0 amide bonds. The zero-order chi connectivity index (χ0) is 12.3. The molecule has 1 heterocycles. The van der Waals surface area contributed by atoms with Gasteiger partial charge >= 0.3 is 0 Å². The molecular weight excluding hydrogens is 212 g/mol. The molecule has 1 aromatic carbocycles. The van der Waals surface area contributed by atoms with Crippen LogP contribution in [0.25, 0.3) is 0 Å². The molecule has 0 aromatic heterocycles. The molecule has 3 heteroatoms. The summed E-state index contributed by atoms with van der Waals surface area (Å²) < 4.78 is 5.73. The van der Waals surface area contributed by atoms with Gasteiger partial charge in [0.25, 0.3) is 0 Å². The van der Waals surface area contributed by atoms with Gasteiger partial charge in [-0.15, -0.1) is 0 Å². The van der Waals surface area contributed by atoms with Crippen LogP contribution in [0.15, 0.2) is 24.3 Å². The second-order valence-electron chi connectivity index (χ2n) is 4.97. The standard InChI is InChI=1S/C14H22N2O/c1-11-8-16(9-12(2)17-11)10-14-5-3-13(7-15)4-6-14/h3-6,11-12H,7-10,15H2,1-2H3. The van der Waals surface area contributed by atoms with Crippen molar-refractivity contribution >= 4 is 0 Å². The molecule has 0 aliphatic carbocycles. The number of nitrogens with zero attached hydrogens (tertiary/aromatic N) is 1. The smallest absolute Gasteiger partial charge is 0.0678 e. The number of rotatable bonds is 3. The topological polar surface area (TPSA) is 38.5 Å². The SMILES string of the molecule is CC1CN(Cc2ccc(CN)cc2)CC(C)O1. The molecular formula is C14H22N2O. The molecule has 1 saturated heterocycles. The van der Waals surface area contributed by atoms with Gasteiger partial charge in [0, 0.05) is 26.2 Å². The Labute approximate surface area is 104 Å². The average Bonchev–Trinajstić information content (AvgIpc) is 2.28. The van der Waals surface area contributed by atoms with Crippen molar-refractivity contribution in [2.75, 3.05) is 13.1 Å². The number of morpholine rings is 1. The maximum atomic E-state index is 5.73. The fourth-order valence-electron chi connectivity index (χ4n) is 2.45. The van der Waals surface area contributed by atoms with E-state index in [0.29, 0.717) is 18.8 Å². The molecule has 0 saturated carbocycles. The van der Waals surface area contributed by atoms with Crippen molar-refractivity contribution in [3.05, 3.63) is 35.4 Å². The summed E-state index contributed by atoms with van der Waals surface area (Å²) >= 11 is 0. The van der Waals surface area contributed by atoms with Crippen LogP contribution in [0.3, 0.4) is 0 Å². The summed E-state index contributed by atoms with van der Waals surface area (Å²) in [5.41, 5.74) is 8.14. The third kappa shape index (κ3) is 3.53. The summed E-state index contributed by atoms with van der Waals surface area (Å²) in [6.45, 7) is 7.93. The first-order chi connectivity index (χ1) is 8.17. The van der Waals surface area contributed by atoms with Crippen molar-refractivity contribution in [1.29, 1.82) is 0 Å². The molecule has 1 aromatic rings. The molecule has 2 N–H and O–H groups in total. The first-order valence-electron chi connectivity index (χ1n) is 6.33. The highest BCUT2D eigenvalue weighted by atomic mass is 16.5. The predicted octanol–water partition coefficient (Wildman–Crippen LogP) is 1.75. The Morgan fingerprint density at radius 3 is 2.18 bits per heavy atom. The van der Waals surface area contributed by atoms with Crippen LogP contribution < -0.4 is 5.73 Å². The van der Waals surface area contributed by atoms with E-state index < -0.39 is 0 Å². The van der Waals surface area contributed by atoms with Gasteiger partial charge in [-0.2, -0.15) is 0 Å². The molecule has 17 heavy (non-hydrogen) atoms. The number of benzene rings is 1. The van der Waals surface area contributed by atoms with Crippen molar-refractivity contribution in [3.8, 4) is 0 Å². The average molecular weight is 234 g/mol. The predicted molar refractivity (Wildman–Crippen MR) is 69.6 cm³/mol. The summed E-state index contributed by atoms with van der Waals surface area (Å²) in [5.74, 6) is 0. The van der Waals surface area contributed by atoms with E-state index in [9.17, 15) is 0 Å². The fraction of sp³-hybridized carbons (Fsp3) is 0.571. The summed E-state index contributed by atoms with van der Waals surface area (Å²) in [6, 6.07) is 8.57. The third-order valence-electron chi connectivity index (χ3n) is 3.16. The fourth-order valence-corrected chi connectivity index (χ4v) is 2.45. The lowest BCUT2D eigenvalue weighted by molar-refractivity contribution is -0.0704. The maximum Gasteiger partial charge on any atom is 0.0678 e. The zero-order valence-electron chi connectivity index (χ0n) is 10.7. The molecule has 1 aliphatic heterocycles. The van der Waals surface area contributed by atoms with E-state index in [1.165, 1.54) is 11.1 Å². The second-order valence-corrected chi connectivity index (χ2v) is 4.97. The quantitative estimate of drug-likeness (QED) is 0.866. The normalized spacial score (nSPS) is 26.1. The first kappa shape index (κ1) is 12.6. The van der Waals surface area contributed by atoms with E-state index >= 15 is 0 Å². The molecule has 3 nitrogen and oxygen atoms in total. The Morgan fingerprint density at radius 1 is 1.12 bits per heavy atom. The van der Waals surface area contributed by atoms with Crippen molar-refractivity contribution in [3.63, 3.8) is 0 Å². The van der Waals surface area contributed by atoms with Crippen LogP contribution in [0, 0.1) is 0 Å². The maximum absolute atomic E-state index is 5.73. The molecule has 2 atom stereocenters. The van der Waals surface area contributed by atoms with Crippen LogP contribution in [0.4, 0.5) is 0 Å². The number of hydrogen-bond acceptors (Lipinski definition) is 3. The second kappa shape index (κ2) is 5.63. The number of nitrogens with two attached hydrogens (primary N) is 1. The van der Waals surface area contributed by atoms with Crippen LogP contribution in [0.5, 0.6) is 0 Å². The van der Waals surface area contributed by atoms with Gasteiger partial charge in [-0.3, -0.25) is 4.90 Å². The van der Waals surface area contributed by atoms with Gasteiger partial charge in [0.1, 0.15) is 0 Å². The summed E-state index contributed by atoms with van der Waals surface area (Å²) in [4.78, 5) is 2.45. The minimum atomic E-state index is 0.335. The third-order valence-corrected chi connectivity index (χ3v) is 3.16. The van der Waals surface area contributed by atoms with E-state index in [-0.39, 0.29) is 0 Å². The Bertz CT molecular complexity index is 340. The van der Waals surface area contributed by atoms with E-state index in [0.717, 1.165) is 19.6 Å². The molecule has 1 aliphatic rings. The zero-order valence-corrected chi connectivity index (χ0v) is 10.7. The Kier molecular flexibility index (Phi) is 4.15. The minimum absolute atomic E-state index is 0.335. The van der Waals surface area contributed by atoms with E-state index in [1.54, 1.807) is 0 Å². The molecule has 0 radical (unpaired) electrons. The van der Waals surface area contributed by atoms with Gasteiger partial charge in [0.2, 0.25) is 0 Å². The van der Waals surface area contributed by atoms with Crippen molar-refractivity contribution in [2.24, 2.45) is 5.73 Å². The molecule has 0 bridgehead atoms. The largest absolute Gasteiger partial charge is 0.373 e. The van der Waals surface area contributed by atoms with E-state index in [1.807, 2.05) is 0 Å². The van der Waals surface area contributed by atoms with Crippen LogP contribution in [-0.2, 0) is 17.8 Å². The highest BCUT2D eigenvalue weighted by molar-refractivity contribution is 5.22. The van der Waals surface area contributed by atoms with E-state index in [4.69, 9.17) is 10.5 Å². The first-order valence-corrected chi connectivity index (χ1v) is 6.33. The van der Waals surface area contributed by atoms with Gasteiger partial charge < -0.3 is 10.5 Å². The van der Waals surface area contributed by atoms with Crippen LogP contribution in [0.2, 0.25) is 0 Å². The van der Waals surface area contributed by atoms with Crippen LogP contribution in [-0.4, -0.2) is 30.2 Å². The molecule has 94 valence electrons. The van der Waals surface area contributed by atoms with Crippen molar-refractivity contribution in [1.82, 2.24) is 4.90 Å². The summed E-state index contributed by atoms with van der Waals surface area (Å²) in [7, 11) is 0. The van der Waals surface area contributed by atoms with Gasteiger partial charge in [0.05, 0.1) is 12.2 Å². The summed E-state index contributed by atoms with van der Waals surface area (Å²) in [6.07, 6.45) is 0.670. The lowest BCUT2D eigenvalue weighted by Gasteiger charge is -2.35. The van der Waals surface area contributed by atoms with Crippen molar-refractivity contribution in [2.45, 2.75) is 39.1 Å². The molecule has 0 spiro atoms. The lowest BCUT2D eigenvalue weighted by atomic mass is 10.1. The van der Waals surface area contributed by atoms with E-state index in [2.05, 4.69) is 43.0 Å². The van der Waals surface area contributed by atoms with Crippen LogP contribution in [0.1, 0.15) is 25.0 Å². The molecule has 2 rings (SSSR count). The highest BCUT2D eigenvalue weighted by Crippen LogP contribution is 2.14. The highest BCUT2D eigenvalue weighted by Gasteiger charge is 2.21. The molecule has 2 unspecified atom stereocenters. The molecule has 1 fully saturated rings. The lowest BCUT2D eigenvalue weighted by Crippen LogP contribution is -2.44. The van der Waals surface area contributed by atoms with Gasteiger partial charge in [-0.1, -0.05) is 24.3 Å². The Balaban J connectivity index is 1.95. The monoisotopic (exact) mass is 234 g/mol. The van der Waals surface area contributed by atoms with Gasteiger partial charge in [-0.25, -0.2) is 0 Å². The van der Waals surface area contributed by atoms with Crippen LogP contribution >= 0.6 is 0 Å². The Hall–Kier alpha value is -0.900. The van der Waals surface area contributed by atoms with Gasteiger partial charge in [0.15, 0.2) is 0 Å². The minimum Gasteiger partial charge on any atom is -0.373 e. The van der Waals surface area contributed by atoms with Gasteiger partial charge in [-0.05, 0) is 25.0 Å². The Morgan fingerprint density at radius 2 is 1.65 bits per heavy atom. The van der Waals surface area contributed by atoms with Crippen molar-refractivity contribution < 1.29 is 4.74 Å². The summed E-state index contributed by atoms with van der Waals surface area (Å²) in [5, 5.41) is 0.